The number of nitrogens with two attached hydrogens (primary N) is 1. The number of carbonyl (C=O) groups excluding carboxylic acids is 2. The van der Waals surface area contributed by atoms with Crippen molar-refractivity contribution < 1.29 is 14.4 Å². The Morgan fingerprint density at radius 3 is 2.94 bits per heavy atom. The van der Waals surface area contributed by atoms with Gasteiger partial charge in [0.1, 0.15) is 6.61 Å². The van der Waals surface area contributed by atoms with E-state index in [4.69, 9.17) is 10.6 Å². The van der Waals surface area contributed by atoms with E-state index in [1.54, 1.807) is 6.07 Å². The van der Waals surface area contributed by atoms with Crippen LogP contribution < -0.4 is 5.73 Å². The lowest BCUT2D eigenvalue weighted by atomic mass is 10.00. The summed E-state index contributed by atoms with van der Waals surface area (Å²) in [5, 5.41) is 1.23. The van der Waals surface area contributed by atoms with Gasteiger partial charge in [-0.2, -0.15) is 0 Å². The van der Waals surface area contributed by atoms with Crippen LogP contribution in [0.1, 0.15) is 18.1 Å². The van der Waals surface area contributed by atoms with Crippen molar-refractivity contribution in [3.8, 4) is 0 Å². The number of benzene rings is 1. The number of nitrogen functional groups attached to an aromatic ring is 1. The van der Waals surface area contributed by atoms with Gasteiger partial charge in [-0.3, -0.25) is 14.4 Å². The molecule has 17 heavy (non-hydrogen) atoms. The van der Waals surface area contributed by atoms with Crippen molar-refractivity contribution >= 4 is 17.4 Å². The Labute approximate surface area is 99.1 Å². The van der Waals surface area contributed by atoms with Gasteiger partial charge < -0.3 is 5.73 Å². The van der Waals surface area contributed by atoms with E-state index in [9.17, 15) is 9.59 Å². The lowest BCUT2D eigenvalue weighted by Gasteiger charge is -2.27. The molecule has 2 rings (SSSR count). The van der Waals surface area contributed by atoms with Crippen molar-refractivity contribution in [3.05, 3.63) is 29.3 Å². The summed E-state index contributed by atoms with van der Waals surface area (Å²) in [5.41, 5.74) is 8.27. The van der Waals surface area contributed by atoms with E-state index in [0.717, 1.165) is 11.1 Å². The van der Waals surface area contributed by atoms with Crippen molar-refractivity contribution in [1.29, 1.82) is 0 Å². The van der Waals surface area contributed by atoms with Crippen LogP contribution in [0.2, 0.25) is 0 Å². The molecule has 0 atom stereocenters. The highest BCUT2D eigenvalue weighted by atomic mass is 16.7. The molecule has 1 aromatic rings. The van der Waals surface area contributed by atoms with Crippen molar-refractivity contribution in [1.82, 2.24) is 5.06 Å². The first-order valence-corrected chi connectivity index (χ1v) is 5.36. The van der Waals surface area contributed by atoms with Crippen LogP contribution in [0.4, 0.5) is 5.69 Å². The number of fused-ring (bicyclic) bond motifs is 1. The SMILES string of the molecule is CC(=O)CON1Cc2cc(N)ccc2CC1=O. The Hall–Kier alpha value is -1.88. The number of carbonyl (C=O) groups is 2. The third-order valence-corrected chi connectivity index (χ3v) is 2.59. The standard InChI is InChI=1S/C12H14N2O3/c1-8(15)7-17-14-6-10-4-11(13)3-2-9(10)5-12(14)16/h2-4H,5-7,13H2,1H3. The Morgan fingerprint density at radius 2 is 2.24 bits per heavy atom. The first-order chi connectivity index (χ1) is 8.06. The molecule has 5 heteroatoms. The number of rotatable bonds is 3. The highest BCUT2D eigenvalue weighted by molar-refractivity contribution is 5.81. The minimum Gasteiger partial charge on any atom is -0.399 e. The van der Waals surface area contributed by atoms with E-state index < -0.39 is 0 Å². The molecule has 0 saturated carbocycles. The van der Waals surface area contributed by atoms with Crippen molar-refractivity contribution in [3.63, 3.8) is 0 Å². The number of Topliss-reactive ketones (excluding diaryl/α,β-unsaturated/α-hetero) is 1. The molecular weight excluding hydrogens is 220 g/mol. The predicted molar refractivity (Wildman–Crippen MR) is 61.7 cm³/mol. The first kappa shape index (κ1) is 11.6. The molecule has 0 aromatic heterocycles. The highest BCUT2D eigenvalue weighted by Gasteiger charge is 2.24. The van der Waals surface area contributed by atoms with Crippen molar-refractivity contribution in [2.24, 2.45) is 0 Å². The van der Waals surface area contributed by atoms with E-state index >= 15 is 0 Å². The number of amides is 1. The zero-order valence-corrected chi connectivity index (χ0v) is 9.60. The lowest BCUT2D eigenvalue weighted by molar-refractivity contribution is -0.192. The van der Waals surface area contributed by atoms with Crippen molar-refractivity contribution in [2.45, 2.75) is 19.9 Å². The summed E-state index contributed by atoms with van der Waals surface area (Å²) >= 11 is 0. The number of hydrogen-bond donors (Lipinski definition) is 1. The molecule has 5 nitrogen and oxygen atoms in total. The Balaban J connectivity index is 2.14. The Morgan fingerprint density at radius 1 is 1.47 bits per heavy atom. The van der Waals surface area contributed by atoms with Crippen LogP contribution in [0.3, 0.4) is 0 Å². The average molecular weight is 234 g/mol. The van der Waals surface area contributed by atoms with Gasteiger partial charge in [0.15, 0.2) is 5.78 Å². The molecule has 1 aliphatic rings. The van der Waals surface area contributed by atoms with E-state index in [0.29, 0.717) is 12.2 Å². The second-order valence-corrected chi connectivity index (χ2v) is 4.11. The molecule has 0 fully saturated rings. The van der Waals surface area contributed by atoms with Crippen LogP contribution >= 0.6 is 0 Å². The van der Waals surface area contributed by atoms with Crippen LogP contribution in [0.5, 0.6) is 0 Å². The van der Waals surface area contributed by atoms with Gasteiger partial charge in [0, 0.05) is 5.69 Å². The van der Waals surface area contributed by atoms with Gasteiger partial charge in [-0.05, 0) is 30.2 Å². The summed E-state index contributed by atoms with van der Waals surface area (Å²) < 4.78 is 0. The molecule has 0 saturated heterocycles. The molecular formula is C12H14N2O3. The summed E-state index contributed by atoms with van der Waals surface area (Å²) in [6.07, 6.45) is 0.285. The maximum absolute atomic E-state index is 11.7. The number of hydrogen-bond acceptors (Lipinski definition) is 4. The number of hydroxylamine groups is 2. The maximum Gasteiger partial charge on any atom is 0.250 e. The molecule has 0 unspecified atom stereocenters. The third kappa shape index (κ3) is 2.62. The molecule has 2 N–H and O–H groups in total. The van der Waals surface area contributed by atoms with E-state index in [1.165, 1.54) is 12.0 Å². The van der Waals surface area contributed by atoms with E-state index in [1.807, 2.05) is 12.1 Å². The van der Waals surface area contributed by atoms with Crippen molar-refractivity contribution in [2.75, 3.05) is 12.3 Å². The van der Waals surface area contributed by atoms with E-state index in [-0.39, 0.29) is 24.7 Å². The second-order valence-electron chi connectivity index (χ2n) is 4.11. The van der Waals surface area contributed by atoms with Gasteiger partial charge in [-0.25, -0.2) is 5.06 Å². The number of nitrogens with zero attached hydrogens (tertiary/aromatic N) is 1. The highest BCUT2D eigenvalue weighted by Crippen LogP contribution is 2.22. The first-order valence-electron chi connectivity index (χ1n) is 5.36. The van der Waals surface area contributed by atoms with Gasteiger partial charge in [0.2, 0.25) is 0 Å². The summed E-state index contributed by atoms with van der Waals surface area (Å²) in [5.74, 6) is -0.250. The molecule has 1 aliphatic heterocycles. The molecule has 0 bridgehead atoms. The van der Waals surface area contributed by atoms with Crippen LogP contribution in [0.15, 0.2) is 18.2 Å². The predicted octanol–water partition coefficient (Wildman–Crippen LogP) is 0.674. The number of anilines is 1. The fourth-order valence-electron chi connectivity index (χ4n) is 1.75. The van der Waals surface area contributed by atoms with Gasteiger partial charge >= 0.3 is 0 Å². The van der Waals surface area contributed by atoms with Crippen LogP contribution in [0.25, 0.3) is 0 Å². The summed E-state index contributed by atoms with van der Waals surface area (Å²) in [7, 11) is 0. The van der Waals surface area contributed by atoms with Crippen LogP contribution in [0, 0.1) is 0 Å². The normalized spacial score (nSPS) is 14.6. The molecule has 0 spiro atoms. The quantitative estimate of drug-likeness (QED) is 0.780. The van der Waals surface area contributed by atoms with Gasteiger partial charge in [0.25, 0.3) is 5.91 Å². The van der Waals surface area contributed by atoms with Gasteiger partial charge in [-0.1, -0.05) is 6.07 Å². The van der Waals surface area contributed by atoms with Crippen LogP contribution in [-0.2, 0) is 27.4 Å². The summed E-state index contributed by atoms with van der Waals surface area (Å²) in [4.78, 5) is 27.7. The summed E-state index contributed by atoms with van der Waals surface area (Å²) in [6.45, 7) is 1.68. The minimum absolute atomic E-state index is 0.0800. The monoisotopic (exact) mass is 234 g/mol. The topological polar surface area (TPSA) is 72.6 Å². The fraction of sp³-hybridized carbons (Fsp3) is 0.333. The van der Waals surface area contributed by atoms with Crippen LogP contribution in [-0.4, -0.2) is 23.4 Å². The van der Waals surface area contributed by atoms with E-state index in [2.05, 4.69) is 0 Å². The smallest absolute Gasteiger partial charge is 0.250 e. The molecule has 0 radical (unpaired) electrons. The third-order valence-electron chi connectivity index (χ3n) is 2.59. The lowest BCUT2D eigenvalue weighted by Crippen LogP contribution is -2.37. The molecule has 1 amide bonds. The second kappa shape index (κ2) is 4.55. The van der Waals surface area contributed by atoms with Gasteiger partial charge in [0.05, 0.1) is 13.0 Å². The molecule has 1 aromatic carbocycles. The molecule has 90 valence electrons. The average Bonchev–Trinajstić information content (AvgIpc) is 2.26. The fourth-order valence-corrected chi connectivity index (χ4v) is 1.75. The summed E-state index contributed by atoms with van der Waals surface area (Å²) in [6, 6.07) is 5.45. The molecule has 0 aliphatic carbocycles. The number of ketones is 1. The minimum atomic E-state index is -0.136. The molecule has 1 heterocycles. The zero-order valence-electron chi connectivity index (χ0n) is 9.60. The maximum atomic E-state index is 11.7. The zero-order chi connectivity index (χ0) is 12.4. The Bertz CT molecular complexity index is 471. The Kier molecular flexibility index (Phi) is 3.10. The van der Waals surface area contributed by atoms with Gasteiger partial charge in [-0.15, -0.1) is 0 Å². The largest absolute Gasteiger partial charge is 0.399 e.